The van der Waals surface area contributed by atoms with Gasteiger partial charge in [0.2, 0.25) is 11.8 Å². The Morgan fingerprint density at radius 1 is 0.966 bits per heavy atom. The van der Waals surface area contributed by atoms with E-state index in [4.69, 9.17) is 4.99 Å². The van der Waals surface area contributed by atoms with E-state index >= 15 is 0 Å². The Morgan fingerprint density at radius 2 is 1.59 bits per heavy atom. The van der Waals surface area contributed by atoms with Crippen LogP contribution in [0.4, 0.5) is 0 Å². The number of hydrogen-bond donors (Lipinski definition) is 2. The van der Waals surface area contributed by atoms with Crippen LogP contribution in [0.3, 0.4) is 0 Å². The summed E-state index contributed by atoms with van der Waals surface area (Å²) in [5.74, 6) is 1.11. The molecular weight excluding hydrogens is 483 g/mol. The molecular formula is C20H39IN6O2. The predicted molar refractivity (Wildman–Crippen MR) is 128 cm³/mol. The first kappa shape index (κ1) is 25.9. The van der Waals surface area contributed by atoms with E-state index in [1.807, 2.05) is 25.7 Å². The van der Waals surface area contributed by atoms with Crippen LogP contribution in [0, 0.1) is 5.41 Å². The van der Waals surface area contributed by atoms with E-state index in [9.17, 15) is 9.59 Å². The minimum atomic E-state index is -0.544. The van der Waals surface area contributed by atoms with E-state index in [1.165, 1.54) is 6.42 Å². The average molecular weight is 522 g/mol. The van der Waals surface area contributed by atoms with Gasteiger partial charge in [-0.1, -0.05) is 0 Å². The molecule has 0 aliphatic carbocycles. The van der Waals surface area contributed by atoms with Gasteiger partial charge in [-0.3, -0.25) is 19.5 Å². The normalized spacial score (nSPS) is 18.8. The second-order valence-corrected chi connectivity index (χ2v) is 8.34. The molecule has 0 aromatic carbocycles. The summed E-state index contributed by atoms with van der Waals surface area (Å²) in [7, 11) is 1.66. The molecule has 168 valence electrons. The molecule has 29 heavy (non-hydrogen) atoms. The molecule has 2 fully saturated rings. The van der Waals surface area contributed by atoms with Crippen molar-refractivity contribution < 1.29 is 9.59 Å². The second kappa shape index (κ2) is 12.6. The van der Waals surface area contributed by atoms with Gasteiger partial charge < -0.3 is 20.4 Å². The average Bonchev–Trinajstić information content (AvgIpc) is 2.71. The number of nitrogens with zero attached hydrogens (tertiary/aromatic N) is 4. The van der Waals surface area contributed by atoms with Crippen molar-refractivity contribution in [3.05, 3.63) is 0 Å². The standard InChI is InChI=1S/C20H38N6O2.HI/c1-5-22-19(23-16-20(2,3)18(28)21-4)26-13-11-24(12-14-26)15-17(27)25-9-7-6-8-10-25;/h5-16H2,1-4H3,(H,21,28)(H,22,23);1H. The third kappa shape index (κ3) is 7.92. The van der Waals surface area contributed by atoms with Gasteiger partial charge >= 0.3 is 0 Å². The largest absolute Gasteiger partial charge is 0.359 e. The number of carbonyl (C=O) groups excluding carboxylic acids is 2. The highest BCUT2D eigenvalue weighted by molar-refractivity contribution is 14.0. The number of nitrogens with one attached hydrogen (secondary N) is 2. The number of hydrogen-bond acceptors (Lipinski definition) is 4. The highest BCUT2D eigenvalue weighted by Crippen LogP contribution is 2.16. The van der Waals surface area contributed by atoms with E-state index in [1.54, 1.807) is 7.05 Å². The van der Waals surface area contributed by atoms with E-state index in [0.717, 1.165) is 64.6 Å². The van der Waals surface area contributed by atoms with Crippen molar-refractivity contribution in [3.63, 3.8) is 0 Å². The number of rotatable bonds is 6. The van der Waals surface area contributed by atoms with Crippen molar-refractivity contribution >= 4 is 41.8 Å². The van der Waals surface area contributed by atoms with Gasteiger partial charge in [-0.2, -0.15) is 0 Å². The zero-order valence-electron chi connectivity index (χ0n) is 18.5. The van der Waals surface area contributed by atoms with Crippen LogP contribution in [0.25, 0.3) is 0 Å². The van der Waals surface area contributed by atoms with Crippen molar-refractivity contribution in [1.82, 2.24) is 25.3 Å². The lowest BCUT2D eigenvalue weighted by atomic mass is 9.93. The Hall–Kier alpha value is -1.10. The third-order valence-corrected chi connectivity index (χ3v) is 5.54. The van der Waals surface area contributed by atoms with Gasteiger partial charge in [0.25, 0.3) is 0 Å². The first-order chi connectivity index (χ1) is 13.4. The van der Waals surface area contributed by atoms with E-state index < -0.39 is 5.41 Å². The minimum Gasteiger partial charge on any atom is -0.359 e. The summed E-state index contributed by atoms with van der Waals surface area (Å²) in [5, 5.41) is 6.05. The van der Waals surface area contributed by atoms with Gasteiger partial charge in [-0.25, -0.2) is 0 Å². The third-order valence-electron chi connectivity index (χ3n) is 5.54. The molecule has 0 aromatic rings. The number of aliphatic imine (C=N–C) groups is 1. The van der Waals surface area contributed by atoms with Crippen molar-refractivity contribution in [3.8, 4) is 0 Å². The smallest absolute Gasteiger partial charge is 0.236 e. The van der Waals surface area contributed by atoms with Crippen LogP contribution in [0.2, 0.25) is 0 Å². The minimum absolute atomic E-state index is 0. The number of likely N-dealkylation sites (tertiary alicyclic amines) is 1. The van der Waals surface area contributed by atoms with E-state index in [-0.39, 0.29) is 35.8 Å². The summed E-state index contributed by atoms with van der Waals surface area (Å²) >= 11 is 0. The Morgan fingerprint density at radius 3 is 2.14 bits per heavy atom. The molecule has 2 saturated heterocycles. The molecule has 2 amide bonds. The van der Waals surface area contributed by atoms with Gasteiger partial charge in [-0.05, 0) is 40.0 Å². The van der Waals surface area contributed by atoms with Gasteiger partial charge in [0, 0.05) is 52.9 Å². The summed E-state index contributed by atoms with van der Waals surface area (Å²) in [4.78, 5) is 35.7. The Labute approximate surface area is 192 Å². The summed E-state index contributed by atoms with van der Waals surface area (Å²) in [5.41, 5.74) is -0.544. The van der Waals surface area contributed by atoms with Gasteiger partial charge in [-0.15, -0.1) is 24.0 Å². The van der Waals surface area contributed by atoms with E-state index in [2.05, 4.69) is 20.4 Å². The molecule has 0 saturated carbocycles. The molecule has 9 heteroatoms. The molecule has 2 aliphatic heterocycles. The lowest BCUT2D eigenvalue weighted by Crippen LogP contribution is -2.54. The van der Waals surface area contributed by atoms with Crippen LogP contribution >= 0.6 is 24.0 Å². The van der Waals surface area contributed by atoms with Gasteiger partial charge in [0.05, 0.1) is 18.5 Å². The van der Waals surface area contributed by atoms with Gasteiger partial charge in [0.15, 0.2) is 5.96 Å². The monoisotopic (exact) mass is 522 g/mol. The zero-order valence-corrected chi connectivity index (χ0v) is 20.8. The first-order valence-corrected chi connectivity index (χ1v) is 10.6. The second-order valence-electron chi connectivity index (χ2n) is 8.34. The molecule has 2 aliphatic rings. The topological polar surface area (TPSA) is 80.3 Å². The Kier molecular flexibility index (Phi) is 11.2. The number of guanidine groups is 1. The fraction of sp³-hybridized carbons (Fsp3) is 0.850. The van der Waals surface area contributed by atoms with Crippen molar-refractivity contribution in [2.75, 3.05) is 66.0 Å². The molecule has 2 N–H and O–H groups in total. The molecule has 0 unspecified atom stereocenters. The lowest BCUT2D eigenvalue weighted by molar-refractivity contribution is -0.133. The molecule has 8 nitrogen and oxygen atoms in total. The molecule has 2 heterocycles. The van der Waals surface area contributed by atoms with Crippen LogP contribution in [-0.2, 0) is 9.59 Å². The lowest BCUT2D eigenvalue weighted by Gasteiger charge is -2.37. The fourth-order valence-electron chi connectivity index (χ4n) is 3.66. The molecule has 2 rings (SSSR count). The maximum Gasteiger partial charge on any atom is 0.236 e. The molecule has 0 spiro atoms. The van der Waals surface area contributed by atoms with Crippen LogP contribution in [0.15, 0.2) is 4.99 Å². The summed E-state index contributed by atoms with van der Waals surface area (Å²) in [6, 6.07) is 0. The van der Waals surface area contributed by atoms with E-state index in [0.29, 0.717) is 13.1 Å². The summed E-state index contributed by atoms with van der Waals surface area (Å²) in [6.07, 6.45) is 3.51. The van der Waals surface area contributed by atoms with Crippen LogP contribution in [-0.4, -0.2) is 98.4 Å². The Bertz CT molecular complexity index is 555. The van der Waals surface area contributed by atoms with Crippen molar-refractivity contribution in [2.24, 2.45) is 10.4 Å². The summed E-state index contributed by atoms with van der Waals surface area (Å²) < 4.78 is 0. The number of piperidine rings is 1. The highest BCUT2D eigenvalue weighted by atomic mass is 127. The maximum absolute atomic E-state index is 12.5. The van der Waals surface area contributed by atoms with Crippen molar-refractivity contribution in [1.29, 1.82) is 0 Å². The number of piperazine rings is 1. The molecule has 0 atom stereocenters. The predicted octanol–water partition coefficient (Wildman–Crippen LogP) is 0.972. The summed E-state index contributed by atoms with van der Waals surface area (Å²) in [6.45, 7) is 12.8. The zero-order chi connectivity index (χ0) is 20.6. The quantitative estimate of drug-likeness (QED) is 0.309. The number of carbonyl (C=O) groups is 2. The van der Waals surface area contributed by atoms with Crippen LogP contribution in [0.5, 0.6) is 0 Å². The van der Waals surface area contributed by atoms with Gasteiger partial charge in [0.1, 0.15) is 0 Å². The van der Waals surface area contributed by atoms with Crippen LogP contribution in [0.1, 0.15) is 40.0 Å². The molecule has 0 radical (unpaired) electrons. The van der Waals surface area contributed by atoms with Crippen molar-refractivity contribution in [2.45, 2.75) is 40.0 Å². The SMILES string of the molecule is CCNC(=NCC(C)(C)C(=O)NC)N1CCN(CC(=O)N2CCCCC2)CC1.I. The number of amides is 2. The fourth-order valence-corrected chi connectivity index (χ4v) is 3.66. The van der Waals surface area contributed by atoms with Crippen LogP contribution < -0.4 is 10.6 Å². The molecule has 0 aromatic heterocycles. The molecule has 0 bridgehead atoms. The number of halogens is 1. The first-order valence-electron chi connectivity index (χ1n) is 10.6. The highest BCUT2D eigenvalue weighted by Gasteiger charge is 2.28. The Balaban J connectivity index is 0.00000420. The maximum atomic E-state index is 12.5.